The molecule has 6 heteroatoms. The number of benzene rings is 1. The maximum atomic E-state index is 12.0. The van der Waals surface area contributed by atoms with Gasteiger partial charge in [-0.25, -0.2) is 4.98 Å². The first kappa shape index (κ1) is 16.4. The highest BCUT2D eigenvalue weighted by Gasteiger charge is 2.26. The van der Waals surface area contributed by atoms with Crippen molar-refractivity contribution in [2.75, 3.05) is 25.1 Å². The van der Waals surface area contributed by atoms with Gasteiger partial charge in [-0.15, -0.1) is 5.10 Å². The summed E-state index contributed by atoms with van der Waals surface area (Å²) in [6.07, 6.45) is 4.18. The maximum Gasteiger partial charge on any atom is 0.245 e. The van der Waals surface area contributed by atoms with E-state index in [1.807, 2.05) is 31.2 Å². The molecule has 0 amide bonds. The number of hydrogen-bond acceptors (Lipinski definition) is 6. The molecule has 1 aliphatic heterocycles. The van der Waals surface area contributed by atoms with Crippen LogP contribution in [0.5, 0.6) is 5.75 Å². The highest BCUT2D eigenvalue weighted by Crippen LogP contribution is 2.24. The van der Waals surface area contributed by atoms with Crippen molar-refractivity contribution < 1.29 is 9.53 Å². The predicted octanol–water partition coefficient (Wildman–Crippen LogP) is 2.74. The van der Waals surface area contributed by atoms with E-state index in [2.05, 4.69) is 20.1 Å². The van der Waals surface area contributed by atoms with Crippen LogP contribution in [0.25, 0.3) is 11.3 Å². The van der Waals surface area contributed by atoms with Crippen molar-refractivity contribution in [3.8, 4) is 17.0 Å². The number of anilines is 1. The molecule has 0 spiro atoms. The molecule has 2 aromatic rings. The zero-order valence-electron chi connectivity index (χ0n) is 14.1. The van der Waals surface area contributed by atoms with Gasteiger partial charge in [0.05, 0.1) is 19.0 Å². The summed E-state index contributed by atoms with van der Waals surface area (Å²) in [7, 11) is 1.64. The van der Waals surface area contributed by atoms with Crippen molar-refractivity contribution in [2.24, 2.45) is 5.92 Å². The lowest BCUT2D eigenvalue weighted by Gasteiger charge is -2.31. The zero-order chi connectivity index (χ0) is 16.9. The van der Waals surface area contributed by atoms with Crippen molar-refractivity contribution in [3.63, 3.8) is 0 Å². The Hall–Kier alpha value is -2.50. The fourth-order valence-corrected chi connectivity index (χ4v) is 3.04. The molecular weight excluding hydrogens is 304 g/mol. The first-order chi connectivity index (χ1) is 11.7. The molecule has 1 saturated heterocycles. The summed E-state index contributed by atoms with van der Waals surface area (Å²) >= 11 is 0. The van der Waals surface area contributed by atoms with Crippen LogP contribution < -0.4 is 9.64 Å². The van der Waals surface area contributed by atoms with Crippen LogP contribution in [0.15, 0.2) is 30.5 Å². The molecule has 1 aromatic carbocycles. The third kappa shape index (κ3) is 3.53. The molecule has 0 aliphatic carbocycles. The molecule has 0 bridgehead atoms. The standard InChI is InChI=1S/C18H22N4O2/c1-3-17(23)14-5-4-10-22(12-14)18-20-16(11-19-21-18)13-6-8-15(24-2)9-7-13/h6-9,11,14H,3-5,10,12H2,1-2H3. The van der Waals surface area contributed by atoms with Gasteiger partial charge in [-0.05, 0) is 37.1 Å². The largest absolute Gasteiger partial charge is 0.497 e. The fraction of sp³-hybridized carbons (Fsp3) is 0.444. The second-order valence-corrected chi connectivity index (χ2v) is 5.98. The molecule has 1 atom stereocenters. The van der Waals surface area contributed by atoms with Crippen LogP contribution in [0.1, 0.15) is 26.2 Å². The number of ketones is 1. The number of carbonyl (C=O) groups excluding carboxylic acids is 1. The van der Waals surface area contributed by atoms with Crippen molar-refractivity contribution in [3.05, 3.63) is 30.5 Å². The summed E-state index contributed by atoms with van der Waals surface area (Å²) in [6, 6.07) is 7.69. The Labute approximate surface area is 141 Å². The number of carbonyl (C=O) groups is 1. The quantitative estimate of drug-likeness (QED) is 0.841. The second-order valence-electron chi connectivity index (χ2n) is 5.98. The first-order valence-corrected chi connectivity index (χ1v) is 8.33. The van der Waals surface area contributed by atoms with E-state index in [-0.39, 0.29) is 5.92 Å². The number of Topliss-reactive ketones (excluding diaryl/α,β-unsaturated/α-hetero) is 1. The summed E-state index contributed by atoms with van der Waals surface area (Å²) in [5, 5.41) is 8.27. The van der Waals surface area contributed by atoms with Crippen molar-refractivity contribution in [2.45, 2.75) is 26.2 Å². The van der Waals surface area contributed by atoms with Gasteiger partial charge in [-0.3, -0.25) is 4.79 Å². The van der Waals surface area contributed by atoms with Gasteiger partial charge in [0.2, 0.25) is 5.95 Å². The minimum absolute atomic E-state index is 0.0805. The third-order valence-corrected chi connectivity index (χ3v) is 4.44. The Morgan fingerprint density at radius 2 is 2.12 bits per heavy atom. The van der Waals surface area contributed by atoms with Crippen LogP contribution in [0.2, 0.25) is 0 Å². The molecule has 1 aliphatic rings. The number of ether oxygens (including phenoxy) is 1. The van der Waals surface area contributed by atoms with E-state index in [0.717, 1.165) is 36.4 Å². The molecule has 3 rings (SSSR count). The van der Waals surface area contributed by atoms with Gasteiger partial charge in [0.15, 0.2) is 0 Å². The summed E-state index contributed by atoms with van der Waals surface area (Å²) in [5.41, 5.74) is 1.73. The van der Waals surface area contributed by atoms with Crippen molar-refractivity contribution in [1.82, 2.24) is 15.2 Å². The fourth-order valence-electron chi connectivity index (χ4n) is 3.04. The summed E-state index contributed by atoms with van der Waals surface area (Å²) in [4.78, 5) is 18.7. The molecule has 0 N–H and O–H groups in total. The van der Waals surface area contributed by atoms with Crippen LogP contribution in [0.4, 0.5) is 5.95 Å². The molecular formula is C18H22N4O2. The Kier molecular flexibility index (Phi) is 5.03. The number of piperidine rings is 1. The Balaban J connectivity index is 1.80. The molecule has 1 aromatic heterocycles. The normalized spacial score (nSPS) is 17.6. The lowest BCUT2D eigenvalue weighted by molar-refractivity contribution is -0.122. The van der Waals surface area contributed by atoms with Crippen molar-refractivity contribution >= 4 is 11.7 Å². The van der Waals surface area contributed by atoms with E-state index in [9.17, 15) is 4.79 Å². The van der Waals surface area contributed by atoms with Crippen LogP contribution in [0.3, 0.4) is 0 Å². The summed E-state index contributed by atoms with van der Waals surface area (Å²) in [5.74, 6) is 1.80. The number of methoxy groups -OCH3 is 1. The zero-order valence-corrected chi connectivity index (χ0v) is 14.1. The van der Waals surface area contributed by atoms with Crippen LogP contribution >= 0.6 is 0 Å². The molecule has 0 radical (unpaired) electrons. The number of nitrogens with zero attached hydrogens (tertiary/aromatic N) is 4. The van der Waals surface area contributed by atoms with Crippen LogP contribution in [-0.2, 0) is 4.79 Å². The average Bonchev–Trinajstić information content (AvgIpc) is 2.67. The predicted molar refractivity (Wildman–Crippen MR) is 92.1 cm³/mol. The van der Waals surface area contributed by atoms with Gasteiger partial charge in [0.25, 0.3) is 0 Å². The van der Waals surface area contributed by atoms with E-state index in [4.69, 9.17) is 4.74 Å². The van der Waals surface area contributed by atoms with Gasteiger partial charge in [-0.2, -0.15) is 5.10 Å². The molecule has 2 heterocycles. The van der Waals surface area contributed by atoms with E-state index < -0.39 is 0 Å². The maximum absolute atomic E-state index is 12.0. The number of aromatic nitrogens is 3. The molecule has 1 unspecified atom stereocenters. The molecule has 24 heavy (non-hydrogen) atoms. The van der Waals surface area contributed by atoms with Gasteiger partial charge in [-0.1, -0.05) is 6.92 Å². The lowest BCUT2D eigenvalue weighted by atomic mass is 9.93. The van der Waals surface area contributed by atoms with Gasteiger partial charge in [0, 0.05) is 31.0 Å². The molecule has 6 nitrogen and oxygen atoms in total. The van der Waals surface area contributed by atoms with Crippen LogP contribution in [-0.4, -0.2) is 41.2 Å². The smallest absolute Gasteiger partial charge is 0.245 e. The Morgan fingerprint density at radius 3 is 2.83 bits per heavy atom. The Bertz CT molecular complexity index is 702. The first-order valence-electron chi connectivity index (χ1n) is 8.33. The molecule has 126 valence electrons. The van der Waals surface area contributed by atoms with Gasteiger partial charge in [0.1, 0.15) is 11.5 Å². The highest BCUT2D eigenvalue weighted by molar-refractivity contribution is 5.81. The van der Waals surface area contributed by atoms with E-state index in [0.29, 0.717) is 24.7 Å². The van der Waals surface area contributed by atoms with E-state index in [1.165, 1.54) is 0 Å². The highest BCUT2D eigenvalue weighted by atomic mass is 16.5. The van der Waals surface area contributed by atoms with E-state index in [1.54, 1.807) is 13.3 Å². The average molecular weight is 326 g/mol. The summed E-state index contributed by atoms with van der Waals surface area (Å²) < 4.78 is 5.18. The third-order valence-electron chi connectivity index (χ3n) is 4.44. The number of rotatable bonds is 5. The van der Waals surface area contributed by atoms with Gasteiger partial charge < -0.3 is 9.64 Å². The SMILES string of the molecule is CCC(=O)C1CCCN(c2nncc(-c3ccc(OC)cc3)n2)C1. The summed E-state index contributed by atoms with van der Waals surface area (Å²) in [6.45, 7) is 3.46. The minimum Gasteiger partial charge on any atom is -0.497 e. The topological polar surface area (TPSA) is 68.2 Å². The monoisotopic (exact) mass is 326 g/mol. The van der Waals surface area contributed by atoms with Gasteiger partial charge >= 0.3 is 0 Å². The lowest BCUT2D eigenvalue weighted by Crippen LogP contribution is -2.39. The minimum atomic E-state index is 0.0805. The molecule has 0 saturated carbocycles. The van der Waals surface area contributed by atoms with E-state index >= 15 is 0 Å². The Morgan fingerprint density at radius 1 is 1.33 bits per heavy atom. The second kappa shape index (κ2) is 7.38. The number of hydrogen-bond donors (Lipinski definition) is 0. The molecule has 1 fully saturated rings. The van der Waals surface area contributed by atoms with Crippen molar-refractivity contribution in [1.29, 1.82) is 0 Å². The van der Waals surface area contributed by atoms with Crippen LogP contribution in [0, 0.1) is 5.92 Å².